The van der Waals surface area contributed by atoms with Gasteiger partial charge in [-0.3, -0.25) is 4.98 Å². The SMILES string of the molecule is O=C(O)n1c(Cl)cc2ncccc21. The van der Waals surface area contributed by atoms with E-state index in [9.17, 15) is 4.79 Å². The Balaban J connectivity index is 2.86. The number of carboxylic acid groups (broad SMARTS) is 1. The molecular formula is C8H5ClN2O2. The Hall–Kier alpha value is -1.55. The zero-order valence-electron chi connectivity index (χ0n) is 6.44. The van der Waals surface area contributed by atoms with Crippen LogP contribution in [0.3, 0.4) is 0 Å². The van der Waals surface area contributed by atoms with Crippen LogP contribution in [0.1, 0.15) is 0 Å². The van der Waals surface area contributed by atoms with Crippen molar-refractivity contribution in [1.82, 2.24) is 9.55 Å². The van der Waals surface area contributed by atoms with Gasteiger partial charge in [0.05, 0.1) is 11.0 Å². The third-order valence-electron chi connectivity index (χ3n) is 1.72. The molecule has 2 heterocycles. The van der Waals surface area contributed by atoms with E-state index in [1.807, 2.05) is 0 Å². The fourth-order valence-electron chi connectivity index (χ4n) is 1.20. The minimum atomic E-state index is -1.10. The number of hydrogen-bond donors (Lipinski definition) is 1. The van der Waals surface area contributed by atoms with Crippen molar-refractivity contribution in [3.05, 3.63) is 29.5 Å². The molecule has 66 valence electrons. The highest BCUT2D eigenvalue weighted by Gasteiger charge is 2.12. The number of fused-ring (bicyclic) bond motifs is 1. The van der Waals surface area contributed by atoms with Crippen LogP contribution in [-0.2, 0) is 0 Å². The second-order valence-electron chi connectivity index (χ2n) is 2.49. The van der Waals surface area contributed by atoms with Crippen LogP contribution < -0.4 is 0 Å². The van der Waals surface area contributed by atoms with Crippen LogP contribution in [0, 0.1) is 0 Å². The van der Waals surface area contributed by atoms with E-state index in [0.717, 1.165) is 4.57 Å². The summed E-state index contributed by atoms with van der Waals surface area (Å²) in [4.78, 5) is 14.7. The lowest BCUT2D eigenvalue weighted by atomic mass is 10.4. The lowest BCUT2D eigenvalue weighted by Gasteiger charge is -1.97. The van der Waals surface area contributed by atoms with Gasteiger partial charge in [-0.15, -0.1) is 0 Å². The normalized spacial score (nSPS) is 10.5. The van der Waals surface area contributed by atoms with Gasteiger partial charge in [0.15, 0.2) is 0 Å². The first-order valence-corrected chi connectivity index (χ1v) is 3.93. The summed E-state index contributed by atoms with van der Waals surface area (Å²) in [6, 6.07) is 4.84. The Labute approximate surface area is 78.4 Å². The number of nitrogens with zero attached hydrogens (tertiary/aromatic N) is 2. The first-order chi connectivity index (χ1) is 6.20. The van der Waals surface area contributed by atoms with E-state index < -0.39 is 6.09 Å². The number of carbonyl (C=O) groups is 1. The van der Waals surface area contributed by atoms with Crippen molar-refractivity contribution in [3.63, 3.8) is 0 Å². The van der Waals surface area contributed by atoms with E-state index >= 15 is 0 Å². The first kappa shape index (κ1) is 8.07. The standard InChI is InChI=1S/C8H5ClN2O2/c9-7-4-5-6(2-1-3-10-5)11(7)8(12)13/h1-4H,(H,12,13). The second kappa shape index (κ2) is 2.74. The highest BCUT2D eigenvalue weighted by atomic mass is 35.5. The second-order valence-corrected chi connectivity index (χ2v) is 2.88. The monoisotopic (exact) mass is 196 g/mol. The molecule has 2 rings (SSSR count). The number of hydrogen-bond acceptors (Lipinski definition) is 2. The van der Waals surface area contributed by atoms with Crippen molar-refractivity contribution < 1.29 is 9.90 Å². The molecule has 0 aliphatic heterocycles. The van der Waals surface area contributed by atoms with Crippen molar-refractivity contribution in [1.29, 1.82) is 0 Å². The summed E-state index contributed by atoms with van der Waals surface area (Å²) in [6.07, 6.45) is 0.484. The molecule has 0 unspecified atom stereocenters. The van der Waals surface area contributed by atoms with Gasteiger partial charge in [0.2, 0.25) is 0 Å². The van der Waals surface area contributed by atoms with E-state index in [0.29, 0.717) is 11.0 Å². The molecule has 0 bridgehead atoms. The smallest absolute Gasteiger partial charge is 0.417 e. The Bertz CT molecular complexity index is 478. The van der Waals surface area contributed by atoms with Crippen LogP contribution in [0.15, 0.2) is 24.4 Å². The molecule has 0 aliphatic carbocycles. The predicted octanol–water partition coefficient (Wildman–Crippen LogP) is 2.22. The molecule has 0 radical (unpaired) electrons. The third-order valence-corrected chi connectivity index (χ3v) is 2.00. The highest BCUT2D eigenvalue weighted by Crippen LogP contribution is 2.20. The van der Waals surface area contributed by atoms with Crippen molar-refractivity contribution >= 4 is 28.7 Å². The summed E-state index contributed by atoms with van der Waals surface area (Å²) in [5.41, 5.74) is 1.08. The average Bonchev–Trinajstić information content (AvgIpc) is 2.39. The molecule has 0 amide bonds. The van der Waals surface area contributed by atoms with E-state index in [2.05, 4.69) is 4.98 Å². The largest absolute Gasteiger partial charge is 0.464 e. The fraction of sp³-hybridized carbons (Fsp3) is 0. The molecule has 0 spiro atoms. The minimum absolute atomic E-state index is 0.154. The van der Waals surface area contributed by atoms with Crippen LogP contribution in [0.2, 0.25) is 5.15 Å². The molecule has 2 aromatic rings. The van der Waals surface area contributed by atoms with Crippen LogP contribution >= 0.6 is 11.6 Å². The van der Waals surface area contributed by atoms with Gasteiger partial charge in [0.25, 0.3) is 0 Å². The Kier molecular flexibility index (Phi) is 1.70. The number of rotatable bonds is 0. The number of halogens is 1. The molecule has 0 aromatic carbocycles. The molecule has 0 atom stereocenters. The van der Waals surface area contributed by atoms with Crippen molar-refractivity contribution in [2.45, 2.75) is 0 Å². The van der Waals surface area contributed by atoms with Gasteiger partial charge in [-0.25, -0.2) is 9.36 Å². The molecule has 13 heavy (non-hydrogen) atoms. The quantitative estimate of drug-likeness (QED) is 0.703. The molecule has 0 saturated carbocycles. The summed E-state index contributed by atoms with van der Waals surface area (Å²) in [5, 5.41) is 8.96. The third kappa shape index (κ3) is 1.15. The summed E-state index contributed by atoms with van der Waals surface area (Å²) in [7, 11) is 0. The molecule has 0 aliphatic rings. The van der Waals surface area contributed by atoms with E-state index in [1.165, 1.54) is 6.07 Å². The van der Waals surface area contributed by atoms with Gasteiger partial charge < -0.3 is 5.11 Å². The summed E-state index contributed by atoms with van der Waals surface area (Å²) < 4.78 is 0.990. The number of aromatic nitrogens is 2. The molecule has 4 nitrogen and oxygen atoms in total. The van der Waals surface area contributed by atoms with Gasteiger partial charge >= 0.3 is 6.09 Å². The van der Waals surface area contributed by atoms with Crippen LogP contribution in [0.25, 0.3) is 11.0 Å². The average molecular weight is 197 g/mol. The van der Waals surface area contributed by atoms with Crippen molar-refractivity contribution in [3.8, 4) is 0 Å². The maximum atomic E-state index is 10.7. The Morgan fingerprint density at radius 1 is 1.62 bits per heavy atom. The lowest BCUT2D eigenvalue weighted by Crippen LogP contribution is -2.06. The van der Waals surface area contributed by atoms with Crippen LogP contribution in [0.4, 0.5) is 4.79 Å². The lowest BCUT2D eigenvalue weighted by molar-refractivity contribution is 0.197. The number of pyridine rings is 1. The highest BCUT2D eigenvalue weighted by molar-refractivity contribution is 6.31. The van der Waals surface area contributed by atoms with Crippen molar-refractivity contribution in [2.75, 3.05) is 0 Å². The topological polar surface area (TPSA) is 55.1 Å². The summed E-state index contributed by atoms with van der Waals surface area (Å²) in [6.45, 7) is 0. The summed E-state index contributed by atoms with van der Waals surface area (Å²) >= 11 is 5.70. The van der Waals surface area contributed by atoms with Crippen LogP contribution in [-0.4, -0.2) is 20.8 Å². The first-order valence-electron chi connectivity index (χ1n) is 3.55. The van der Waals surface area contributed by atoms with Crippen molar-refractivity contribution in [2.24, 2.45) is 0 Å². The van der Waals surface area contributed by atoms with E-state index in [1.54, 1.807) is 18.3 Å². The molecular weight excluding hydrogens is 192 g/mol. The van der Waals surface area contributed by atoms with E-state index in [-0.39, 0.29) is 5.15 Å². The molecule has 1 N–H and O–H groups in total. The molecule has 5 heteroatoms. The maximum absolute atomic E-state index is 10.7. The van der Waals surface area contributed by atoms with Gasteiger partial charge in [0, 0.05) is 12.3 Å². The van der Waals surface area contributed by atoms with Crippen LogP contribution in [0.5, 0.6) is 0 Å². The van der Waals surface area contributed by atoms with E-state index in [4.69, 9.17) is 16.7 Å². The molecule has 0 saturated heterocycles. The Morgan fingerprint density at radius 3 is 3.08 bits per heavy atom. The fourth-order valence-corrected chi connectivity index (χ4v) is 1.46. The van der Waals surface area contributed by atoms with Gasteiger partial charge in [-0.2, -0.15) is 0 Å². The zero-order chi connectivity index (χ0) is 9.42. The predicted molar refractivity (Wildman–Crippen MR) is 48.2 cm³/mol. The minimum Gasteiger partial charge on any atom is -0.464 e. The Morgan fingerprint density at radius 2 is 2.38 bits per heavy atom. The molecule has 0 fully saturated rings. The van der Waals surface area contributed by atoms with Gasteiger partial charge in [0.1, 0.15) is 5.15 Å². The maximum Gasteiger partial charge on any atom is 0.417 e. The zero-order valence-corrected chi connectivity index (χ0v) is 7.19. The van der Waals surface area contributed by atoms with Gasteiger partial charge in [-0.05, 0) is 12.1 Å². The molecule has 2 aromatic heterocycles. The van der Waals surface area contributed by atoms with Gasteiger partial charge in [-0.1, -0.05) is 11.6 Å². The summed E-state index contributed by atoms with van der Waals surface area (Å²) in [5.74, 6) is 0.